The molecule has 2 unspecified atom stereocenters. The highest BCUT2D eigenvalue weighted by atomic mass is 127. The van der Waals surface area contributed by atoms with Crippen LogP contribution in [0.5, 0.6) is 0 Å². The average molecular weight is 370 g/mol. The van der Waals surface area contributed by atoms with Crippen molar-refractivity contribution in [2.45, 2.75) is 31.8 Å². The fourth-order valence-corrected chi connectivity index (χ4v) is 3.59. The number of amides is 1. The summed E-state index contributed by atoms with van der Waals surface area (Å²) in [6.45, 7) is 5.30. The molecule has 3 rings (SSSR count). The van der Waals surface area contributed by atoms with Gasteiger partial charge in [-0.2, -0.15) is 0 Å². The van der Waals surface area contributed by atoms with E-state index in [1.165, 1.54) is 23.0 Å². The molecule has 0 spiro atoms. The lowest BCUT2D eigenvalue weighted by Crippen LogP contribution is -2.56. The summed E-state index contributed by atoms with van der Waals surface area (Å²) in [5.41, 5.74) is 0.818. The molecule has 0 N–H and O–H groups in total. The number of hydrogen-bond donors (Lipinski definition) is 0. The predicted octanol–water partition coefficient (Wildman–Crippen LogP) is 2.60. The van der Waals surface area contributed by atoms with Gasteiger partial charge in [-0.25, -0.2) is 0 Å². The lowest BCUT2D eigenvalue weighted by atomic mass is 10.1. The van der Waals surface area contributed by atoms with Crippen molar-refractivity contribution in [2.24, 2.45) is 0 Å². The van der Waals surface area contributed by atoms with Crippen LogP contribution in [0.15, 0.2) is 24.3 Å². The second-order valence-electron chi connectivity index (χ2n) is 5.60. The molecule has 4 heteroatoms. The molecule has 0 saturated carbocycles. The largest absolute Gasteiger partial charge is 0.333 e. The van der Waals surface area contributed by atoms with Crippen LogP contribution in [0.4, 0.5) is 0 Å². The van der Waals surface area contributed by atoms with Crippen LogP contribution < -0.4 is 0 Å². The minimum atomic E-state index is 0.190. The van der Waals surface area contributed by atoms with Crippen LogP contribution in [0.25, 0.3) is 0 Å². The third-order valence-electron chi connectivity index (χ3n) is 4.29. The number of piperazine rings is 1. The van der Waals surface area contributed by atoms with E-state index in [1.807, 2.05) is 24.3 Å². The maximum absolute atomic E-state index is 12.6. The monoisotopic (exact) mass is 370 g/mol. The van der Waals surface area contributed by atoms with Crippen molar-refractivity contribution in [3.63, 3.8) is 0 Å². The number of hydrogen-bond acceptors (Lipinski definition) is 2. The van der Waals surface area contributed by atoms with Gasteiger partial charge in [0.05, 0.1) is 0 Å². The first kappa shape index (κ1) is 13.4. The van der Waals surface area contributed by atoms with Crippen LogP contribution in [0.3, 0.4) is 0 Å². The molecule has 2 atom stereocenters. The molecule has 2 saturated heterocycles. The van der Waals surface area contributed by atoms with Crippen molar-refractivity contribution in [1.82, 2.24) is 9.80 Å². The summed E-state index contributed by atoms with van der Waals surface area (Å²) in [5, 5.41) is 0. The maximum Gasteiger partial charge on any atom is 0.254 e. The van der Waals surface area contributed by atoms with Crippen LogP contribution in [0, 0.1) is 3.57 Å². The maximum atomic E-state index is 12.6. The fraction of sp³-hybridized carbons (Fsp3) is 0.533. The molecule has 0 radical (unpaired) electrons. The topological polar surface area (TPSA) is 23.6 Å². The van der Waals surface area contributed by atoms with E-state index in [2.05, 4.69) is 39.3 Å². The Morgan fingerprint density at radius 3 is 2.74 bits per heavy atom. The summed E-state index contributed by atoms with van der Waals surface area (Å²) in [7, 11) is 0. The summed E-state index contributed by atoms with van der Waals surface area (Å²) < 4.78 is 1.17. The van der Waals surface area contributed by atoms with Gasteiger partial charge in [0.15, 0.2) is 0 Å². The van der Waals surface area contributed by atoms with Crippen molar-refractivity contribution >= 4 is 28.5 Å². The quantitative estimate of drug-likeness (QED) is 0.710. The molecular weight excluding hydrogens is 351 g/mol. The number of rotatable bonds is 1. The van der Waals surface area contributed by atoms with Gasteiger partial charge < -0.3 is 4.90 Å². The normalized spacial score (nSPS) is 27.4. The van der Waals surface area contributed by atoms with Gasteiger partial charge >= 0.3 is 0 Å². The SMILES string of the molecule is CC1CN2CCCC2CN1C(=O)c1ccc(I)cc1. The summed E-state index contributed by atoms with van der Waals surface area (Å²) in [6.07, 6.45) is 2.52. The summed E-state index contributed by atoms with van der Waals surface area (Å²) >= 11 is 2.27. The second kappa shape index (κ2) is 5.40. The van der Waals surface area contributed by atoms with E-state index in [0.717, 1.165) is 18.7 Å². The van der Waals surface area contributed by atoms with Crippen LogP contribution in [0.2, 0.25) is 0 Å². The Balaban J connectivity index is 1.77. The van der Waals surface area contributed by atoms with Crippen molar-refractivity contribution in [1.29, 1.82) is 0 Å². The number of fused-ring (bicyclic) bond motifs is 1. The molecule has 2 aliphatic heterocycles. The van der Waals surface area contributed by atoms with E-state index in [-0.39, 0.29) is 5.91 Å². The molecule has 2 heterocycles. The minimum Gasteiger partial charge on any atom is -0.333 e. The second-order valence-corrected chi connectivity index (χ2v) is 6.85. The molecule has 19 heavy (non-hydrogen) atoms. The Hall–Kier alpha value is -0.620. The zero-order chi connectivity index (χ0) is 13.4. The van der Waals surface area contributed by atoms with Gasteiger partial charge in [0.1, 0.15) is 0 Å². The molecule has 1 aromatic rings. The average Bonchev–Trinajstić information content (AvgIpc) is 2.85. The zero-order valence-electron chi connectivity index (χ0n) is 11.2. The van der Waals surface area contributed by atoms with Crippen LogP contribution in [-0.2, 0) is 0 Å². The summed E-state index contributed by atoms with van der Waals surface area (Å²) in [6, 6.07) is 8.80. The van der Waals surface area contributed by atoms with Crippen molar-refractivity contribution < 1.29 is 4.79 Å². The van der Waals surface area contributed by atoms with E-state index >= 15 is 0 Å². The van der Waals surface area contributed by atoms with E-state index < -0.39 is 0 Å². The highest BCUT2D eigenvalue weighted by Gasteiger charge is 2.36. The van der Waals surface area contributed by atoms with E-state index in [9.17, 15) is 4.79 Å². The third-order valence-corrected chi connectivity index (χ3v) is 5.01. The summed E-state index contributed by atoms with van der Waals surface area (Å²) in [5.74, 6) is 0.190. The van der Waals surface area contributed by atoms with Crippen molar-refractivity contribution in [3.05, 3.63) is 33.4 Å². The van der Waals surface area contributed by atoms with Crippen LogP contribution >= 0.6 is 22.6 Å². The molecule has 3 nitrogen and oxygen atoms in total. The number of halogens is 1. The van der Waals surface area contributed by atoms with Gasteiger partial charge in [0, 0.05) is 34.3 Å². The predicted molar refractivity (Wildman–Crippen MR) is 84.3 cm³/mol. The van der Waals surface area contributed by atoms with Gasteiger partial charge in [-0.1, -0.05) is 0 Å². The third kappa shape index (κ3) is 2.65. The van der Waals surface area contributed by atoms with Crippen molar-refractivity contribution in [3.8, 4) is 0 Å². The van der Waals surface area contributed by atoms with E-state index in [4.69, 9.17) is 0 Å². The molecule has 0 aromatic heterocycles. The van der Waals surface area contributed by atoms with Gasteiger partial charge in [-0.15, -0.1) is 0 Å². The highest BCUT2D eigenvalue weighted by Crippen LogP contribution is 2.25. The number of carbonyl (C=O) groups excluding carboxylic acids is 1. The van der Waals surface area contributed by atoms with E-state index in [1.54, 1.807) is 0 Å². The van der Waals surface area contributed by atoms with Crippen molar-refractivity contribution in [2.75, 3.05) is 19.6 Å². The molecule has 0 bridgehead atoms. The molecule has 2 fully saturated rings. The molecule has 1 aromatic carbocycles. The zero-order valence-corrected chi connectivity index (χ0v) is 13.3. The Labute approximate surface area is 128 Å². The molecule has 102 valence electrons. The molecule has 1 amide bonds. The lowest BCUT2D eigenvalue weighted by Gasteiger charge is -2.42. The first-order valence-corrected chi connectivity index (χ1v) is 8.03. The number of nitrogens with zero attached hydrogens (tertiary/aromatic N) is 2. The Bertz CT molecular complexity index is 474. The fourth-order valence-electron chi connectivity index (χ4n) is 3.23. The summed E-state index contributed by atoms with van der Waals surface area (Å²) in [4.78, 5) is 17.2. The highest BCUT2D eigenvalue weighted by molar-refractivity contribution is 14.1. The molecule has 0 aliphatic carbocycles. The molecular formula is C15H19IN2O. The van der Waals surface area contributed by atoms with Gasteiger partial charge in [0.25, 0.3) is 5.91 Å². The van der Waals surface area contributed by atoms with E-state index in [0.29, 0.717) is 12.1 Å². The van der Waals surface area contributed by atoms with Crippen LogP contribution in [-0.4, -0.2) is 47.4 Å². The Kier molecular flexibility index (Phi) is 3.80. The number of benzene rings is 1. The first-order chi connectivity index (χ1) is 9.15. The molecule has 2 aliphatic rings. The van der Waals surface area contributed by atoms with Crippen LogP contribution in [0.1, 0.15) is 30.1 Å². The van der Waals surface area contributed by atoms with Gasteiger partial charge in [0.2, 0.25) is 0 Å². The Morgan fingerprint density at radius 2 is 2.00 bits per heavy atom. The first-order valence-electron chi connectivity index (χ1n) is 6.96. The Morgan fingerprint density at radius 1 is 1.26 bits per heavy atom. The van der Waals surface area contributed by atoms with Gasteiger partial charge in [-0.3, -0.25) is 9.69 Å². The number of carbonyl (C=O) groups is 1. The smallest absolute Gasteiger partial charge is 0.254 e. The lowest BCUT2D eigenvalue weighted by molar-refractivity contribution is 0.0395. The standard InChI is InChI=1S/C15H19IN2O/c1-11-9-17-8-2-3-14(17)10-18(11)15(19)12-4-6-13(16)7-5-12/h4-7,11,14H,2-3,8-10H2,1H3. The van der Waals surface area contributed by atoms with Gasteiger partial charge in [-0.05, 0) is 73.2 Å². The minimum absolute atomic E-state index is 0.190.